The largest absolute Gasteiger partial charge is 0.256 e. The Labute approximate surface area is 248 Å². The van der Waals surface area contributed by atoms with E-state index in [-0.39, 0.29) is 5.41 Å². The molecule has 5 aromatic carbocycles. The van der Waals surface area contributed by atoms with Gasteiger partial charge < -0.3 is 0 Å². The molecule has 41 heavy (non-hydrogen) atoms. The van der Waals surface area contributed by atoms with Crippen molar-refractivity contribution in [3.63, 3.8) is 0 Å². The number of para-hydroxylation sites is 1. The molecular formula is C37H36N2SSi. The molecule has 0 spiro atoms. The molecule has 0 aliphatic heterocycles. The van der Waals surface area contributed by atoms with Gasteiger partial charge in [0.15, 0.2) is 0 Å². The smallest absolute Gasteiger partial charge is 0.126 e. The first-order valence-electron chi connectivity index (χ1n) is 14.3. The minimum absolute atomic E-state index is 0.0337. The summed E-state index contributed by atoms with van der Waals surface area (Å²) in [6, 6.07) is 37.1. The van der Waals surface area contributed by atoms with Gasteiger partial charge in [0, 0.05) is 22.9 Å². The number of aromatic nitrogens is 1. The summed E-state index contributed by atoms with van der Waals surface area (Å²) >= 11 is 1.76. The minimum atomic E-state index is -1.37. The van der Waals surface area contributed by atoms with Gasteiger partial charge in [-0.2, -0.15) is 0 Å². The van der Waals surface area contributed by atoms with Crippen molar-refractivity contribution >= 4 is 57.5 Å². The number of hydrogen-bond donors (Lipinski definition) is 0. The second-order valence-electron chi connectivity index (χ2n) is 12.8. The summed E-state index contributed by atoms with van der Waals surface area (Å²) in [7, 11) is -1.37. The van der Waals surface area contributed by atoms with Gasteiger partial charge in [-0.05, 0) is 51.6 Å². The van der Waals surface area contributed by atoms with Crippen LogP contribution in [0.25, 0.3) is 42.7 Å². The number of fused-ring (bicyclic) bond motifs is 2. The highest BCUT2D eigenvalue weighted by Crippen LogP contribution is 2.41. The Balaban J connectivity index is 1.47. The Morgan fingerprint density at radius 3 is 2.22 bits per heavy atom. The molecule has 6 rings (SSSR count). The van der Waals surface area contributed by atoms with E-state index in [0.29, 0.717) is 0 Å². The quantitative estimate of drug-likeness (QED) is 0.150. The molecule has 0 amide bonds. The number of hydrogen-bond acceptors (Lipinski definition) is 3. The maximum atomic E-state index is 5.27. The van der Waals surface area contributed by atoms with E-state index in [2.05, 4.69) is 144 Å². The van der Waals surface area contributed by atoms with Crippen molar-refractivity contribution in [2.45, 2.75) is 45.8 Å². The monoisotopic (exact) mass is 568 g/mol. The van der Waals surface area contributed by atoms with E-state index in [0.717, 1.165) is 27.3 Å². The van der Waals surface area contributed by atoms with Gasteiger partial charge in [-0.15, -0.1) is 11.3 Å². The third-order valence-corrected chi connectivity index (χ3v) is 10.8. The normalized spacial score (nSPS) is 12.5. The van der Waals surface area contributed by atoms with Crippen molar-refractivity contribution in [1.29, 1.82) is 0 Å². The molecular weight excluding hydrogens is 533 g/mol. The highest BCUT2D eigenvalue weighted by Gasteiger charge is 2.21. The molecule has 0 unspecified atom stereocenters. The number of rotatable bonds is 5. The lowest BCUT2D eigenvalue weighted by Crippen LogP contribution is -2.37. The summed E-state index contributed by atoms with van der Waals surface area (Å²) in [5, 5.41) is 4.89. The number of thiazole rings is 1. The standard InChI is InChI=1S/C37H36N2SSi/c1-37(2,3)28-22-32(26-18-20-29(21-19-26)41(4,5)6)35-34(23-28)40-36(39-35)31-16-9-10-17-33(31)38-24-27-14-11-13-25-12-7-8-15-30(25)27/h7-24H,1-6H3. The zero-order valence-corrected chi connectivity index (χ0v) is 26.5. The van der Waals surface area contributed by atoms with E-state index in [1.54, 1.807) is 11.3 Å². The fourth-order valence-corrected chi connectivity index (χ4v) is 7.45. The Hall–Kier alpha value is -3.86. The zero-order chi connectivity index (χ0) is 28.8. The van der Waals surface area contributed by atoms with Gasteiger partial charge in [-0.1, -0.05) is 124 Å². The number of nitrogens with zero attached hydrogens (tertiary/aromatic N) is 2. The second kappa shape index (κ2) is 10.5. The van der Waals surface area contributed by atoms with Crippen molar-refractivity contribution in [2.75, 3.05) is 0 Å². The van der Waals surface area contributed by atoms with Crippen LogP contribution in [0.5, 0.6) is 0 Å². The first-order valence-corrected chi connectivity index (χ1v) is 18.6. The van der Waals surface area contributed by atoms with Crippen LogP contribution >= 0.6 is 11.3 Å². The number of benzene rings is 5. The van der Waals surface area contributed by atoms with Gasteiger partial charge in [0.1, 0.15) is 5.01 Å². The van der Waals surface area contributed by atoms with Crippen LogP contribution in [0.15, 0.2) is 108 Å². The molecule has 0 aliphatic carbocycles. The van der Waals surface area contributed by atoms with Gasteiger partial charge in [0.05, 0.1) is 24.0 Å². The molecule has 1 heterocycles. The van der Waals surface area contributed by atoms with Gasteiger partial charge >= 0.3 is 0 Å². The van der Waals surface area contributed by atoms with Crippen LogP contribution in [0.1, 0.15) is 31.9 Å². The summed E-state index contributed by atoms with van der Waals surface area (Å²) in [5.41, 5.74) is 7.95. The van der Waals surface area contributed by atoms with Crippen molar-refractivity contribution in [1.82, 2.24) is 4.98 Å². The van der Waals surface area contributed by atoms with E-state index in [1.807, 2.05) is 6.21 Å². The SMILES string of the molecule is CC(C)(C)c1cc(-c2ccc([Si](C)(C)C)cc2)c2nc(-c3ccccc3N=Cc3cccc4ccccc34)sc2c1. The maximum Gasteiger partial charge on any atom is 0.126 e. The van der Waals surface area contributed by atoms with Crippen molar-refractivity contribution in [3.05, 3.63) is 114 Å². The molecule has 1 aromatic heterocycles. The fourth-order valence-electron chi connectivity index (χ4n) is 5.22. The molecule has 0 bridgehead atoms. The van der Waals surface area contributed by atoms with E-state index in [9.17, 15) is 0 Å². The van der Waals surface area contributed by atoms with Gasteiger partial charge in [0.2, 0.25) is 0 Å². The molecule has 6 aromatic rings. The van der Waals surface area contributed by atoms with Crippen molar-refractivity contribution < 1.29 is 0 Å². The molecule has 0 fully saturated rings. The van der Waals surface area contributed by atoms with E-state index in [1.165, 1.54) is 37.3 Å². The van der Waals surface area contributed by atoms with Crippen LogP contribution in [-0.2, 0) is 5.41 Å². The molecule has 0 saturated carbocycles. The first-order chi connectivity index (χ1) is 19.6. The summed E-state index contributed by atoms with van der Waals surface area (Å²) in [6.07, 6.45) is 1.98. The molecule has 2 nitrogen and oxygen atoms in total. The lowest BCUT2D eigenvalue weighted by molar-refractivity contribution is 0.591. The van der Waals surface area contributed by atoms with E-state index < -0.39 is 8.07 Å². The fraction of sp³-hybridized carbons (Fsp3) is 0.189. The average molecular weight is 569 g/mol. The predicted octanol–water partition coefficient (Wildman–Crippen LogP) is 10.4. The van der Waals surface area contributed by atoms with Crippen LogP contribution in [0.4, 0.5) is 5.69 Å². The minimum Gasteiger partial charge on any atom is -0.256 e. The van der Waals surface area contributed by atoms with Gasteiger partial charge in [-0.25, -0.2) is 4.98 Å². The van der Waals surface area contributed by atoms with E-state index in [4.69, 9.17) is 9.98 Å². The van der Waals surface area contributed by atoms with E-state index >= 15 is 0 Å². The number of aliphatic imine (C=N–C) groups is 1. The van der Waals surface area contributed by atoms with Crippen molar-refractivity contribution in [2.24, 2.45) is 4.99 Å². The molecule has 0 N–H and O–H groups in total. The molecule has 204 valence electrons. The Kier molecular flexibility index (Phi) is 7.01. The molecule has 0 radical (unpaired) electrons. The Morgan fingerprint density at radius 2 is 1.46 bits per heavy atom. The molecule has 4 heteroatoms. The lowest BCUT2D eigenvalue weighted by Gasteiger charge is -2.21. The lowest BCUT2D eigenvalue weighted by atomic mass is 9.85. The van der Waals surface area contributed by atoms with Crippen molar-refractivity contribution in [3.8, 4) is 21.7 Å². The second-order valence-corrected chi connectivity index (χ2v) is 18.9. The third-order valence-electron chi connectivity index (χ3n) is 7.72. The Morgan fingerprint density at radius 1 is 0.756 bits per heavy atom. The summed E-state index contributed by atoms with van der Waals surface area (Å²) < 4.78 is 1.21. The summed E-state index contributed by atoms with van der Waals surface area (Å²) in [6.45, 7) is 14.0. The first kappa shape index (κ1) is 27.3. The molecule has 0 saturated heterocycles. The third kappa shape index (κ3) is 5.55. The Bertz CT molecular complexity index is 1900. The highest BCUT2D eigenvalue weighted by atomic mass is 32.1. The average Bonchev–Trinajstić information content (AvgIpc) is 3.39. The van der Waals surface area contributed by atoms with Crippen LogP contribution in [0.2, 0.25) is 19.6 Å². The van der Waals surface area contributed by atoms with Crippen LogP contribution in [-0.4, -0.2) is 19.3 Å². The van der Waals surface area contributed by atoms with Crippen LogP contribution < -0.4 is 5.19 Å². The summed E-state index contributed by atoms with van der Waals surface area (Å²) in [5.74, 6) is 0. The highest BCUT2D eigenvalue weighted by molar-refractivity contribution is 7.21. The van der Waals surface area contributed by atoms with Crippen LogP contribution in [0, 0.1) is 0 Å². The van der Waals surface area contributed by atoms with Gasteiger partial charge in [-0.3, -0.25) is 4.99 Å². The van der Waals surface area contributed by atoms with Gasteiger partial charge in [0.25, 0.3) is 0 Å². The maximum absolute atomic E-state index is 5.27. The predicted molar refractivity (Wildman–Crippen MR) is 183 cm³/mol. The molecule has 0 aliphatic rings. The summed E-state index contributed by atoms with van der Waals surface area (Å²) in [4.78, 5) is 10.3. The topological polar surface area (TPSA) is 25.2 Å². The zero-order valence-electron chi connectivity index (χ0n) is 24.7. The molecule has 0 atom stereocenters. The van der Waals surface area contributed by atoms with Crippen LogP contribution in [0.3, 0.4) is 0 Å².